The minimum atomic E-state index is -0.0214. The van der Waals surface area contributed by atoms with E-state index in [2.05, 4.69) is 0 Å². The zero-order chi connectivity index (χ0) is 9.42. The van der Waals surface area contributed by atoms with Gasteiger partial charge in [0.25, 0.3) is 0 Å². The molecule has 0 atom stereocenters. The van der Waals surface area contributed by atoms with Crippen LogP contribution >= 0.6 is 11.6 Å². The van der Waals surface area contributed by atoms with Gasteiger partial charge in [-0.3, -0.25) is 0 Å². The lowest BCUT2D eigenvalue weighted by Gasteiger charge is -1.97. The van der Waals surface area contributed by atoms with Crippen molar-refractivity contribution in [2.45, 2.75) is 13.5 Å². The van der Waals surface area contributed by atoms with Crippen molar-refractivity contribution in [3.8, 4) is 0 Å². The number of halogens is 1. The van der Waals surface area contributed by atoms with Crippen molar-refractivity contribution in [1.29, 1.82) is 0 Å². The van der Waals surface area contributed by atoms with Gasteiger partial charge in [0, 0.05) is 16.0 Å². The van der Waals surface area contributed by atoms with Crippen LogP contribution in [0.5, 0.6) is 0 Å². The molecule has 1 aromatic heterocycles. The summed E-state index contributed by atoms with van der Waals surface area (Å²) in [4.78, 5) is 0. The Labute approximate surface area is 80.7 Å². The molecule has 0 spiro atoms. The van der Waals surface area contributed by atoms with Crippen molar-refractivity contribution in [1.82, 2.24) is 0 Å². The molecule has 0 aliphatic heterocycles. The van der Waals surface area contributed by atoms with Crippen LogP contribution in [0, 0.1) is 6.92 Å². The third-order valence-corrected chi connectivity index (χ3v) is 2.51. The lowest BCUT2D eigenvalue weighted by atomic mass is 10.1. The molecule has 0 fully saturated rings. The molecular formula is C10H9ClO2. The first-order chi connectivity index (χ1) is 6.22. The molecule has 1 heterocycles. The molecular weight excluding hydrogens is 188 g/mol. The Hall–Kier alpha value is -0.990. The SMILES string of the molecule is Cc1cc2occ(CO)c2cc1Cl. The zero-order valence-electron chi connectivity index (χ0n) is 7.17. The van der Waals surface area contributed by atoms with E-state index in [0.29, 0.717) is 5.02 Å². The molecule has 2 nitrogen and oxygen atoms in total. The van der Waals surface area contributed by atoms with Gasteiger partial charge in [-0.1, -0.05) is 11.6 Å². The van der Waals surface area contributed by atoms with Crippen LogP contribution in [-0.2, 0) is 6.61 Å². The average Bonchev–Trinajstić information content (AvgIpc) is 2.48. The van der Waals surface area contributed by atoms with Crippen LogP contribution in [0.1, 0.15) is 11.1 Å². The number of aliphatic hydroxyl groups excluding tert-OH is 1. The number of rotatable bonds is 1. The van der Waals surface area contributed by atoms with Crippen LogP contribution in [0.2, 0.25) is 5.02 Å². The summed E-state index contributed by atoms with van der Waals surface area (Å²) in [7, 11) is 0. The van der Waals surface area contributed by atoms with E-state index in [-0.39, 0.29) is 6.61 Å². The highest BCUT2D eigenvalue weighted by Gasteiger charge is 2.06. The van der Waals surface area contributed by atoms with E-state index in [9.17, 15) is 0 Å². The lowest BCUT2D eigenvalue weighted by Crippen LogP contribution is -1.80. The molecule has 3 heteroatoms. The second kappa shape index (κ2) is 3.05. The maximum atomic E-state index is 8.98. The van der Waals surface area contributed by atoms with Crippen molar-refractivity contribution in [3.63, 3.8) is 0 Å². The van der Waals surface area contributed by atoms with Gasteiger partial charge in [-0.05, 0) is 24.6 Å². The van der Waals surface area contributed by atoms with Gasteiger partial charge >= 0.3 is 0 Å². The molecule has 0 aliphatic carbocycles. The summed E-state index contributed by atoms with van der Waals surface area (Å²) in [5.41, 5.74) is 2.52. The Morgan fingerprint density at radius 3 is 2.92 bits per heavy atom. The first-order valence-electron chi connectivity index (χ1n) is 3.99. The van der Waals surface area contributed by atoms with E-state index in [4.69, 9.17) is 21.1 Å². The van der Waals surface area contributed by atoms with E-state index in [0.717, 1.165) is 22.1 Å². The summed E-state index contributed by atoms with van der Waals surface area (Å²) in [5.74, 6) is 0. The first kappa shape index (κ1) is 8.60. The van der Waals surface area contributed by atoms with Gasteiger partial charge in [-0.15, -0.1) is 0 Å². The highest BCUT2D eigenvalue weighted by molar-refractivity contribution is 6.32. The van der Waals surface area contributed by atoms with E-state index in [1.54, 1.807) is 6.26 Å². The fraction of sp³-hybridized carbons (Fsp3) is 0.200. The third-order valence-electron chi connectivity index (χ3n) is 2.11. The largest absolute Gasteiger partial charge is 0.464 e. The maximum Gasteiger partial charge on any atom is 0.134 e. The Kier molecular flexibility index (Phi) is 2.02. The molecule has 2 rings (SSSR count). The number of hydrogen-bond donors (Lipinski definition) is 1. The predicted octanol–water partition coefficient (Wildman–Crippen LogP) is 2.89. The van der Waals surface area contributed by atoms with Crippen LogP contribution in [0.3, 0.4) is 0 Å². The third kappa shape index (κ3) is 1.32. The molecule has 0 saturated carbocycles. The van der Waals surface area contributed by atoms with Crippen LogP contribution in [0.15, 0.2) is 22.8 Å². The minimum absolute atomic E-state index is 0.0214. The Balaban J connectivity index is 2.77. The van der Waals surface area contributed by atoms with Gasteiger partial charge in [0.1, 0.15) is 5.58 Å². The van der Waals surface area contributed by atoms with Crippen LogP contribution < -0.4 is 0 Å². The van der Waals surface area contributed by atoms with Crippen LogP contribution in [0.4, 0.5) is 0 Å². The fourth-order valence-corrected chi connectivity index (χ4v) is 1.49. The Morgan fingerprint density at radius 1 is 1.46 bits per heavy atom. The average molecular weight is 197 g/mol. The quantitative estimate of drug-likeness (QED) is 0.761. The van der Waals surface area contributed by atoms with Gasteiger partial charge in [0.05, 0.1) is 12.9 Å². The van der Waals surface area contributed by atoms with Gasteiger partial charge < -0.3 is 9.52 Å². The number of aryl methyl sites for hydroxylation is 1. The molecule has 0 radical (unpaired) electrons. The molecule has 13 heavy (non-hydrogen) atoms. The summed E-state index contributed by atoms with van der Waals surface area (Å²) in [6, 6.07) is 3.69. The monoisotopic (exact) mass is 196 g/mol. The number of benzene rings is 1. The second-order valence-electron chi connectivity index (χ2n) is 3.02. The van der Waals surface area contributed by atoms with E-state index < -0.39 is 0 Å². The molecule has 1 N–H and O–H groups in total. The summed E-state index contributed by atoms with van der Waals surface area (Å²) in [5, 5.41) is 10.6. The van der Waals surface area contributed by atoms with Crippen molar-refractivity contribution in [2.24, 2.45) is 0 Å². The number of furan rings is 1. The topological polar surface area (TPSA) is 33.4 Å². The van der Waals surface area contributed by atoms with Crippen LogP contribution in [-0.4, -0.2) is 5.11 Å². The fourth-order valence-electron chi connectivity index (χ4n) is 1.32. The van der Waals surface area contributed by atoms with Crippen molar-refractivity contribution in [2.75, 3.05) is 0 Å². The van der Waals surface area contributed by atoms with E-state index in [1.165, 1.54) is 0 Å². The maximum absolute atomic E-state index is 8.98. The molecule has 0 aliphatic rings. The normalized spacial score (nSPS) is 11.0. The minimum Gasteiger partial charge on any atom is -0.464 e. The number of hydrogen-bond acceptors (Lipinski definition) is 2. The van der Waals surface area contributed by atoms with Crippen LogP contribution in [0.25, 0.3) is 11.0 Å². The van der Waals surface area contributed by atoms with Gasteiger partial charge in [-0.25, -0.2) is 0 Å². The molecule has 0 bridgehead atoms. The lowest BCUT2D eigenvalue weighted by molar-refractivity contribution is 0.282. The van der Waals surface area contributed by atoms with E-state index >= 15 is 0 Å². The van der Waals surface area contributed by atoms with Crippen molar-refractivity contribution in [3.05, 3.63) is 34.5 Å². The number of aliphatic hydroxyl groups is 1. The van der Waals surface area contributed by atoms with Crippen molar-refractivity contribution < 1.29 is 9.52 Å². The predicted molar refractivity (Wildman–Crippen MR) is 51.9 cm³/mol. The smallest absolute Gasteiger partial charge is 0.134 e. The molecule has 0 saturated heterocycles. The summed E-state index contributed by atoms with van der Waals surface area (Å²) in [6.07, 6.45) is 1.56. The molecule has 68 valence electrons. The number of fused-ring (bicyclic) bond motifs is 1. The highest BCUT2D eigenvalue weighted by Crippen LogP contribution is 2.27. The Bertz CT molecular complexity index is 445. The summed E-state index contributed by atoms with van der Waals surface area (Å²) >= 11 is 5.95. The molecule has 0 amide bonds. The zero-order valence-corrected chi connectivity index (χ0v) is 7.93. The van der Waals surface area contributed by atoms with Gasteiger partial charge in [0.2, 0.25) is 0 Å². The first-order valence-corrected chi connectivity index (χ1v) is 4.37. The Morgan fingerprint density at radius 2 is 2.23 bits per heavy atom. The summed E-state index contributed by atoms with van der Waals surface area (Å²) < 4.78 is 5.26. The molecule has 2 aromatic rings. The molecule has 1 aromatic carbocycles. The van der Waals surface area contributed by atoms with E-state index in [1.807, 2.05) is 19.1 Å². The molecule has 0 unspecified atom stereocenters. The van der Waals surface area contributed by atoms with Gasteiger partial charge in [-0.2, -0.15) is 0 Å². The van der Waals surface area contributed by atoms with Gasteiger partial charge in [0.15, 0.2) is 0 Å². The van der Waals surface area contributed by atoms with Crippen molar-refractivity contribution >= 4 is 22.6 Å². The second-order valence-corrected chi connectivity index (χ2v) is 3.42. The highest BCUT2D eigenvalue weighted by atomic mass is 35.5. The standard InChI is InChI=1S/C10H9ClO2/c1-6-2-10-8(3-9(6)11)7(4-12)5-13-10/h2-3,5,12H,4H2,1H3. The summed E-state index contributed by atoms with van der Waals surface area (Å²) in [6.45, 7) is 1.90.